The van der Waals surface area contributed by atoms with E-state index in [1.54, 1.807) is 6.08 Å². The highest BCUT2D eigenvalue weighted by Crippen LogP contribution is 2.04. The molecule has 0 aliphatic heterocycles. The second-order valence-electron chi connectivity index (χ2n) is 2.91. The van der Waals surface area contributed by atoms with Crippen LogP contribution in [0.4, 0.5) is 0 Å². The molecule has 4 heteroatoms. The summed E-state index contributed by atoms with van der Waals surface area (Å²) >= 11 is 0. The van der Waals surface area contributed by atoms with Gasteiger partial charge in [0.2, 0.25) is 10.0 Å². The number of sulfonamides is 1. The Balaban J connectivity index is 4.29. The van der Waals surface area contributed by atoms with Crippen molar-refractivity contribution in [1.82, 2.24) is 4.31 Å². The third kappa shape index (κ3) is 4.43. The largest absolute Gasteiger partial charge is 0.214 e. The monoisotopic (exact) mass is 205 g/mol. The summed E-state index contributed by atoms with van der Waals surface area (Å²) < 4.78 is 24.6. The van der Waals surface area contributed by atoms with Crippen LogP contribution < -0.4 is 0 Å². The molecule has 0 aromatic heterocycles. The fraction of sp³-hybridized carbons (Fsp3) is 0.778. The average Bonchev–Trinajstić information content (AvgIpc) is 2.10. The van der Waals surface area contributed by atoms with Gasteiger partial charge in [-0.25, -0.2) is 8.42 Å². The predicted molar refractivity (Wildman–Crippen MR) is 56.1 cm³/mol. The summed E-state index contributed by atoms with van der Waals surface area (Å²) in [6.07, 6.45) is 3.26. The van der Waals surface area contributed by atoms with Gasteiger partial charge in [0.15, 0.2) is 0 Å². The first-order valence-electron chi connectivity index (χ1n) is 4.67. The quantitative estimate of drug-likeness (QED) is 0.592. The maximum atomic E-state index is 11.6. The van der Waals surface area contributed by atoms with Crippen LogP contribution in [0, 0.1) is 0 Å². The summed E-state index contributed by atoms with van der Waals surface area (Å²) in [5, 5.41) is 0. The molecule has 0 aromatic carbocycles. The summed E-state index contributed by atoms with van der Waals surface area (Å²) in [7, 11) is -3.03. The minimum Gasteiger partial charge on any atom is -0.212 e. The lowest BCUT2D eigenvalue weighted by molar-refractivity contribution is 0.458. The van der Waals surface area contributed by atoms with Crippen molar-refractivity contribution in [2.24, 2.45) is 0 Å². The van der Waals surface area contributed by atoms with Crippen LogP contribution in [-0.4, -0.2) is 31.6 Å². The number of hydrogen-bond acceptors (Lipinski definition) is 2. The van der Waals surface area contributed by atoms with Gasteiger partial charge in [-0.2, -0.15) is 4.31 Å². The van der Waals surface area contributed by atoms with Crippen molar-refractivity contribution in [3.63, 3.8) is 0 Å². The first-order chi connectivity index (χ1) is 6.08. The minimum absolute atomic E-state index is 0.255. The molecule has 3 nitrogen and oxygen atoms in total. The Hall–Kier alpha value is -0.350. The third-order valence-electron chi connectivity index (χ3n) is 1.83. The van der Waals surface area contributed by atoms with Crippen molar-refractivity contribution >= 4 is 10.0 Å². The summed E-state index contributed by atoms with van der Waals surface area (Å²) in [5.74, 6) is 0.255. The Kier molecular flexibility index (Phi) is 5.99. The number of likely N-dealkylation sites (N-methyl/N-ethyl adjacent to an activating group) is 1. The SMILES string of the molecule is C=CCN(CC)S(=O)(=O)CCCC. The molecule has 0 rings (SSSR count). The van der Waals surface area contributed by atoms with Crippen molar-refractivity contribution in [3.05, 3.63) is 12.7 Å². The normalized spacial score (nSPS) is 11.9. The van der Waals surface area contributed by atoms with Crippen LogP contribution in [0.5, 0.6) is 0 Å². The van der Waals surface area contributed by atoms with Gasteiger partial charge < -0.3 is 0 Å². The second kappa shape index (κ2) is 6.16. The van der Waals surface area contributed by atoms with E-state index >= 15 is 0 Å². The molecule has 78 valence electrons. The van der Waals surface area contributed by atoms with Crippen LogP contribution in [0.25, 0.3) is 0 Å². The van der Waals surface area contributed by atoms with Gasteiger partial charge in [0, 0.05) is 13.1 Å². The van der Waals surface area contributed by atoms with E-state index in [0.717, 1.165) is 12.8 Å². The minimum atomic E-state index is -3.03. The molecule has 0 aromatic rings. The third-order valence-corrected chi connectivity index (χ3v) is 3.83. The summed E-state index contributed by atoms with van der Waals surface area (Å²) in [4.78, 5) is 0. The molecular formula is C9H19NO2S. The van der Waals surface area contributed by atoms with Gasteiger partial charge in [0.25, 0.3) is 0 Å². The fourth-order valence-corrected chi connectivity index (χ4v) is 2.68. The lowest BCUT2D eigenvalue weighted by Gasteiger charge is -2.18. The van der Waals surface area contributed by atoms with Crippen LogP contribution in [0.15, 0.2) is 12.7 Å². The molecule has 0 heterocycles. The van der Waals surface area contributed by atoms with Gasteiger partial charge >= 0.3 is 0 Å². The molecule has 0 radical (unpaired) electrons. The van der Waals surface area contributed by atoms with Crippen LogP contribution >= 0.6 is 0 Å². The molecule has 0 atom stereocenters. The maximum Gasteiger partial charge on any atom is 0.214 e. The molecule has 0 spiro atoms. The standard InChI is InChI=1S/C9H19NO2S/c1-4-7-9-13(11,12)10(6-3)8-5-2/h5H,2,4,6-9H2,1,3H3. The van der Waals surface area contributed by atoms with E-state index < -0.39 is 10.0 Å². The van der Waals surface area contributed by atoms with Gasteiger partial charge in [-0.05, 0) is 6.42 Å². The molecule has 0 bridgehead atoms. The van der Waals surface area contributed by atoms with Crippen LogP contribution in [0.1, 0.15) is 26.7 Å². The predicted octanol–water partition coefficient (Wildman–Crippen LogP) is 1.62. The van der Waals surface area contributed by atoms with Crippen molar-refractivity contribution in [1.29, 1.82) is 0 Å². The van der Waals surface area contributed by atoms with Gasteiger partial charge in [0.1, 0.15) is 0 Å². The van der Waals surface area contributed by atoms with Crippen molar-refractivity contribution in [2.45, 2.75) is 26.7 Å². The zero-order valence-corrected chi connectivity index (χ0v) is 9.31. The molecule has 0 saturated heterocycles. The van der Waals surface area contributed by atoms with E-state index in [1.165, 1.54) is 4.31 Å². The van der Waals surface area contributed by atoms with Crippen molar-refractivity contribution in [2.75, 3.05) is 18.8 Å². The smallest absolute Gasteiger partial charge is 0.212 e. The lowest BCUT2D eigenvalue weighted by atomic mass is 10.4. The van der Waals surface area contributed by atoms with Gasteiger partial charge in [-0.3, -0.25) is 0 Å². The summed E-state index contributed by atoms with van der Waals surface area (Å²) in [5.41, 5.74) is 0. The molecule has 0 N–H and O–H groups in total. The molecular weight excluding hydrogens is 186 g/mol. The molecule has 0 aliphatic rings. The molecule has 0 saturated carbocycles. The highest BCUT2D eigenvalue weighted by atomic mass is 32.2. The number of rotatable bonds is 7. The molecule has 0 unspecified atom stereocenters. The zero-order valence-electron chi connectivity index (χ0n) is 8.49. The Morgan fingerprint density at radius 3 is 2.38 bits per heavy atom. The second-order valence-corrected chi connectivity index (χ2v) is 5.00. The highest BCUT2D eigenvalue weighted by molar-refractivity contribution is 7.89. The van der Waals surface area contributed by atoms with Gasteiger partial charge in [-0.15, -0.1) is 6.58 Å². The van der Waals surface area contributed by atoms with Crippen molar-refractivity contribution in [3.8, 4) is 0 Å². The fourth-order valence-electron chi connectivity index (χ4n) is 1.04. The Labute approximate surface area is 81.5 Å². The molecule has 0 fully saturated rings. The number of nitrogens with zero attached hydrogens (tertiary/aromatic N) is 1. The van der Waals surface area contributed by atoms with E-state index in [4.69, 9.17) is 0 Å². The van der Waals surface area contributed by atoms with Crippen molar-refractivity contribution < 1.29 is 8.42 Å². The summed E-state index contributed by atoms with van der Waals surface area (Å²) in [6.45, 7) is 8.31. The van der Waals surface area contributed by atoms with E-state index in [0.29, 0.717) is 13.1 Å². The Morgan fingerprint density at radius 1 is 1.38 bits per heavy atom. The van der Waals surface area contributed by atoms with Crippen LogP contribution in [0.2, 0.25) is 0 Å². The highest BCUT2D eigenvalue weighted by Gasteiger charge is 2.17. The number of hydrogen-bond donors (Lipinski definition) is 0. The first-order valence-corrected chi connectivity index (χ1v) is 6.28. The van der Waals surface area contributed by atoms with Gasteiger partial charge in [0.05, 0.1) is 5.75 Å². The molecule has 13 heavy (non-hydrogen) atoms. The Bertz CT molecular complexity index is 234. The summed E-state index contributed by atoms with van der Waals surface area (Å²) in [6, 6.07) is 0. The van der Waals surface area contributed by atoms with E-state index in [2.05, 4.69) is 6.58 Å². The van der Waals surface area contributed by atoms with E-state index in [9.17, 15) is 8.42 Å². The topological polar surface area (TPSA) is 37.4 Å². The van der Waals surface area contributed by atoms with Gasteiger partial charge in [-0.1, -0.05) is 26.3 Å². The van der Waals surface area contributed by atoms with Crippen LogP contribution in [0.3, 0.4) is 0 Å². The average molecular weight is 205 g/mol. The Morgan fingerprint density at radius 2 is 2.00 bits per heavy atom. The molecule has 0 amide bonds. The van der Waals surface area contributed by atoms with E-state index in [-0.39, 0.29) is 5.75 Å². The number of unbranched alkanes of at least 4 members (excludes halogenated alkanes) is 1. The van der Waals surface area contributed by atoms with Crippen LogP contribution in [-0.2, 0) is 10.0 Å². The first kappa shape index (κ1) is 12.7. The van der Waals surface area contributed by atoms with E-state index in [1.807, 2.05) is 13.8 Å². The lowest BCUT2D eigenvalue weighted by Crippen LogP contribution is -2.32. The zero-order chi connectivity index (χ0) is 10.3. The maximum absolute atomic E-state index is 11.6. The molecule has 0 aliphatic carbocycles.